The van der Waals surface area contributed by atoms with Gasteiger partial charge in [-0.1, -0.05) is 53.9 Å². The molecule has 2 saturated heterocycles. The molecule has 0 aromatic heterocycles. The molecule has 0 unspecified atom stereocenters. The van der Waals surface area contributed by atoms with Crippen molar-refractivity contribution in [1.82, 2.24) is 0 Å². The third-order valence-corrected chi connectivity index (χ3v) is 19.7. The maximum Gasteiger partial charge on any atom is 1.00 e. The molecule has 6 aliphatic rings. The maximum absolute atomic E-state index is 12.5. The van der Waals surface area contributed by atoms with Crippen molar-refractivity contribution in [3.8, 4) is 0 Å². The van der Waals surface area contributed by atoms with E-state index in [1.165, 1.54) is 0 Å². The number of ether oxygens (including phenoxy) is 4. The topological polar surface area (TPSA) is 502 Å². The van der Waals surface area contributed by atoms with E-state index in [-0.39, 0.29) is 242 Å². The zero-order valence-corrected chi connectivity index (χ0v) is 68.9. The molecule has 6 rings (SSSR count). The fourth-order valence-electron chi connectivity index (χ4n) is 13.6. The first-order valence-corrected chi connectivity index (χ1v) is 33.8. The van der Waals surface area contributed by atoms with Crippen molar-refractivity contribution in [2.75, 3.05) is 13.2 Å². The molecule has 85 heavy (non-hydrogen) atoms. The zero-order chi connectivity index (χ0) is 58.6. The molecule has 458 valence electrons. The molecule has 4 aliphatic carbocycles. The fraction of sp³-hybridized carbons (Fsp3) is 1.00. The Labute approximate surface area is 653 Å². The minimum absolute atomic E-state index is 0. The minimum atomic E-state index is -6.45. The Kier molecular flexibility index (Phi) is 40.3. The van der Waals surface area contributed by atoms with E-state index >= 15 is 0 Å². The van der Waals surface area contributed by atoms with Crippen LogP contribution in [0.1, 0.15) is 112 Å². The summed E-state index contributed by atoms with van der Waals surface area (Å²) in [7, 11) is -43.7. The first-order chi connectivity index (χ1) is 35.4. The SMILES string of the molecule is CC(C)CCC[C@@H](C)[C@H]1CC[C@H]2[C@@H]3CC[C@H]4C[C@@H](O[C@@H]5O[C@H](COS(=O)(=O)[O-])[C@@H](O[C@@H]6O[C@H](COS(=O)(=O)[O-])[C@@H](OS(=O)(=O)[O-])[C@H](OS(=O)(=O)[O-])[C@H]6OS(=O)(=O)[O-])[C@H](OS(=O)(=O)[O-])[C@H]5OS(=O)(=O)[O-])CC[C@]4(C)[C@H]3CC[C@]12C.[Na+].[Na+].[Na+].[Na+].[Na+].[Na+].[Na+]. The molecule has 0 radical (unpaired) electrons. The second-order valence-corrected chi connectivity index (χ2v) is 28.8. The summed E-state index contributed by atoms with van der Waals surface area (Å²) in [6.45, 7) is 7.63. The Morgan fingerprint density at radius 1 is 0.447 bits per heavy atom. The van der Waals surface area contributed by atoms with E-state index in [4.69, 9.17) is 18.9 Å². The van der Waals surface area contributed by atoms with Gasteiger partial charge in [-0.05, 0) is 110 Å². The Hall–Kier alpha value is 5.93. The van der Waals surface area contributed by atoms with Gasteiger partial charge in [-0.3, -0.25) is 29.3 Å². The summed E-state index contributed by atoms with van der Waals surface area (Å²) in [6, 6.07) is 0. The molecule has 46 heteroatoms. The van der Waals surface area contributed by atoms with Crippen LogP contribution in [0.4, 0.5) is 0 Å². The first kappa shape index (κ1) is 93.0. The van der Waals surface area contributed by atoms with Crippen LogP contribution in [0.2, 0.25) is 0 Å². The number of hydrogen-bond acceptors (Lipinski definition) is 32. The maximum atomic E-state index is 12.5. The minimum Gasteiger partial charge on any atom is -0.726 e. The van der Waals surface area contributed by atoms with E-state index in [1.807, 2.05) is 0 Å². The first-order valence-electron chi connectivity index (χ1n) is 24.5. The summed E-state index contributed by atoms with van der Waals surface area (Å²) in [5.74, 6) is 2.79. The van der Waals surface area contributed by atoms with Crippen molar-refractivity contribution in [2.24, 2.45) is 52.3 Å². The number of hydrogen-bond donors (Lipinski definition) is 0. The summed E-state index contributed by atoms with van der Waals surface area (Å²) in [6.07, 6.45) is -21.7. The van der Waals surface area contributed by atoms with E-state index in [0.717, 1.165) is 51.4 Å². The molecule has 2 aliphatic heterocycles. The quantitative estimate of drug-likeness (QED) is 0.0354. The van der Waals surface area contributed by atoms with Crippen LogP contribution < -0.4 is 207 Å². The third kappa shape index (κ3) is 27.5. The summed E-state index contributed by atoms with van der Waals surface area (Å²) < 4.78 is 305. The molecule has 19 atom stereocenters. The summed E-state index contributed by atoms with van der Waals surface area (Å²) >= 11 is 0. The second kappa shape index (κ2) is 36.8. The molecule has 0 aromatic carbocycles. The van der Waals surface area contributed by atoms with Crippen molar-refractivity contribution < 1.29 is 346 Å². The largest absolute Gasteiger partial charge is 1.00 e. The number of rotatable bonds is 25. The predicted molar refractivity (Wildman–Crippen MR) is 244 cm³/mol. The summed E-state index contributed by atoms with van der Waals surface area (Å²) in [4.78, 5) is 0. The van der Waals surface area contributed by atoms with Crippen molar-refractivity contribution >= 4 is 72.8 Å². The molecule has 0 aromatic rings. The number of fused-ring (bicyclic) bond motifs is 5. The Morgan fingerprint density at radius 2 is 0.847 bits per heavy atom. The standard InChI is InChI=1S/C39H68O32S7.7Na/c1-20(2)7-6-8-21(3)25-11-12-26-24-10-9-22-17-23(13-15-38(22,4)27(24)14-16-39(25,26)5)63-36-34(70-77(55,56)57)32(68-75(49,50)51)30(28(64-36)18-61-72(40,41)42)66-37-35(71-78(58,59)60)33(69-76(52,53)54)31(67-74(46,47)48)29(65-37)19-62-73(43,44)45;;;;;;;/h20-37H,6-19H2,1-5H3,(H,40,41,42)(H,43,44,45)(H,46,47,48)(H,49,50,51)(H,52,53,54)(H,55,56,57)(H,58,59,60);;;;;;;/q;7*+1/p-7/t21-,22+,23+,24+,25-,26+,27+,28-,29-,30-,31-,32+,33+,34-,35-,36-,37+,38+,39-;;;;;;;/m1......./s1. The van der Waals surface area contributed by atoms with Gasteiger partial charge in [0.15, 0.2) is 24.8 Å². The van der Waals surface area contributed by atoms with Crippen LogP contribution in [-0.4, -0.2) is 172 Å². The van der Waals surface area contributed by atoms with Gasteiger partial charge in [-0.25, -0.2) is 58.9 Å². The van der Waals surface area contributed by atoms with Gasteiger partial charge in [0.1, 0.15) is 36.6 Å². The molecule has 0 N–H and O–H groups in total. The zero-order valence-electron chi connectivity index (χ0n) is 49.2. The third-order valence-electron chi connectivity index (χ3n) is 16.5. The van der Waals surface area contributed by atoms with Crippen LogP contribution in [0.25, 0.3) is 0 Å². The van der Waals surface area contributed by atoms with E-state index in [1.54, 1.807) is 0 Å². The van der Waals surface area contributed by atoms with Gasteiger partial charge in [0.2, 0.25) is 72.8 Å². The van der Waals surface area contributed by atoms with Gasteiger partial charge >= 0.3 is 207 Å². The van der Waals surface area contributed by atoms with Gasteiger partial charge in [0.25, 0.3) is 0 Å². The Bertz CT molecular complexity index is 2940. The Balaban J connectivity index is 0. The van der Waals surface area contributed by atoms with Gasteiger partial charge in [-0.15, -0.1) is 0 Å². The van der Waals surface area contributed by atoms with Crippen molar-refractivity contribution in [3.05, 3.63) is 0 Å². The molecule has 0 spiro atoms. The molecule has 0 bridgehead atoms. The monoisotopic (exact) mass is 1430 g/mol. The average Bonchev–Trinajstić information content (AvgIpc) is 3.61. The van der Waals surface area contributed by atoms with Crippen LogP contribution in [0.15, 0.2) is 0 Å². The van der Waals surface area contributed by atoms with Gasteiger partial charge in [0, 0.05) is 0 Å². The van der Waals surface area contributed by atoms with Crippen LogP contribution >= 0.6 is 0 Å². The molecule has 6 fully saturated rings. The van der Waals surface area contributed by atoms with E-state index in [9.17, 15) is 90.8 Å². The van der Waals surface area contributed by atoms with E-state index in [0.29, 0.717) is 42.4 Å². The molecule has 4 saturated carbocycles. The van der Waals surface area contributed by atoms with Gasteiger partial charge < -0.3 is 50.8 Å². The van der Waals surface area contributed by atoms with Crippen molar-refractivity contribution in [3.63, 3.8) is 0 Å². The van der Waals surface area contributed by atoms with Crippen LogP contribution in [0.5, 0.6) is 0 Å². The van der Waals surface area contributed by atoms with Gasteiger partial charge in [0.05, 0.1) is 19.3 Å². The summed E-state index contributed by atoms with van der Waals surface area (Å²) in [5, 5.41) is 0. The summed E-state index contributed by atoms with van der Waals surface area (Å²) in [5.41, 5.74) is -0.133. The smallest absolute Gasteiger partial charge is 0.726 e. The van der Waals surface area contributed by atoms with E-state index in [2.05, 4.69) is 63.9 Å². The van der Waals surface area contributed by atoms with E-state index < -0.39 is 154 Å². The van der Waals surface area contributed by atoms with Crippen LogP contribution in [0, 0.1) is 52.3 Å². The molecule has 0 amide bonds. The fourth-order valence-corrected chi connectivity index (χ4v) is 16.7. The van der Waals surface area contributed by atoms with Gasteiger partial charge in [-0.2, -0.15) is 0 Å². The average molecular weight is 1430 g/mol. The Morgan fingerprint density at radius 3 is 1.29 bits per heavy atom. The normalized spacial score (nSPS) is 35.6. The van der Waals surface area contributed by atoms with Crippen LogP contribution in [0.3, 0.4) is 0 Å². The predicted octanol–water partition coefficient (Wildman–Crippen LogP) is -21.5. The molecular formula is C39H61Na7O32S7. The van der Waals surface area contributed by atoms with Crippen molar-refractivity contribution in [2.45, 2.75) is 179 Å². The molecule has 2 heterocycles. The molecular weight excluding hydrogens is 1370 g/mol. The molecule has 32 nitrogen and oxygen atoms in total. The second-order valence-electron chi connectivity index (χ2n) is 21.6. The van der Waals surface area contributed by atoms with Crippen molar-refractivity contribution in [1.29, 1.82) is 0 Å². The van der Waals surface area contributed by atoms with Crippen LogP contribution in [-0.2, 0) is 121 Å².